The van der Waals surface area contributed by atoms with Crippen molar-refractivity contribution in [3.05, 3.63) is 44.9 Å². The molecule has 6 nitrogen and oxygen atoms in total. The van der Waals surface area contributed by atoms with Crippen LogP contribution in [0.3, 0.4) is 0 Å². The zero-order valence-electron chi connectivity index (χ0n) is 6.54. The molecule has 0 saturated heterocycles. The van der Waals surface area contributed by atoms with Crippen LogP contribution in [0.25, 0.3) is 0 Å². The molecule has 0 bridgehead atoms. The molecule has 0 atom stereocenters. The first-order valence-electron chi connectivity index (χ1n) is 3.43. The van der Waals surface area contributed by atoms with Gasteiger partial charge in [-0.05, 0) is 6.07 Å². The van der Waals surface area contributed by atoms with Crippen LogP contribution in [-0.4, -0.2) is 5.09 Å². The minimum atomic E-state index is -0.927. The lowest BCUT2D eigenvalue weighted by atomic mass is 10.2. The van der Waals surface area contributed by atoms with E-state index in [9.17, 15) is 15.0 Å². The van der Waals surface area contributed by atoms with Crippen LogP contribution in [0.5, 0.6) is 5.75 Å². The maximum Gasteiger partial charge on any atom is 0.299 e. The molecule has 0 amide bonds. The SMILES string of the molecule is O=NCc1ccccc1O[N+](=O)[O-]. The van der Waals surface area contributed by atoms with Crippen molar-refractivity contribution >= 4 is 0 Å². The van der Waals surface area contributed by atoms with Crippen LogP contribution in [0.4, 0.5) is 0 Å². The fraction of sp³-hybridized carbons (Fsp3) is 0.143. The Morgan fingerprint density at radius 3 is 2.77 bits per heavy atom. The highest BCUT2D eigenvalue weighted by Gasteiger charge is 2.05. The number of nitroso groups, excluding NO2 is 1. The Hall–Kier alpha value is -1.98. The molecule has 1 aromatic carbocycles. The van der Waals surface area contributed by atoms with Gasteiger partial charge in [-0.2, -0.15) is 4.91 Å². The van der Waals surface area contributed by atoms with Gasteiger partial charge in [0.1, 0.15) is 12.3 Å². The van der Waals surface area contributed by atoms with Gasteiger partial charge in [0.15, 0.2) is 0 Å². The van der Waals surface area contributed by atoms with Gasteiger partial charge in [0.2, 0.25) is 0 Å². The summed E-state index contributed by atoms with van der Waals surface area (Å²) in [4.78, 5) is 24.2. The van der Waals surface area contributed by atoms with Crippen LogP contribution in [0, 0.1) is 15.0 Å². The van der Waals surface area contributed by atoms with Crippen LogP contribution in [0.2, 0.25) is 0 Å². The van der Waals surface area contributed by atoms with Gasteiger partial charge in [-0.15, -0.1) is 10.1 Å². The highest BCUT2D eigenvalue weighted by Crippen LogP contribution is 2.18. The van der Waals surface area contributed by atoms with Gasteiger partial charge in [0.25, 0.3) is 5.09 Å². The van der Waals surface area contributed by atoms with E-state index in [1.165, 1.54) is 6.07 Å². The normalized spacial score (nSPS) is 9.23. The van der Waals surface area contributed by atoms with Gasteiger partial charge in [0, 0.05) is 5.56 Å². The van der Waals surface area contributed by atoms with Crippen molar-refractivity contribution in [2.24, 2.45) is 5.18 Å². The lowest BCUT2D eigenvalue weighted by Crippen LogP contribution is -2.05. The molecule has 0 aliphatic heterocycles. The van der Waals surface area contributed by atoms with Crippen molar-refractivity contribution < 1.29 is 9.92 Å². The second-order valence-electron chi connectivity index (χ2n) is 2.21. The molecule has 0 aromatic heterocycles. The predicted molar refractivity (Wildman–Crippen MR) is 43.6 cm³/mol. The molecule has 1 rings (SSSR count). The summed E-state index contributed by atoms with van der Waals surface area (Å²) >= 11 is 0. The van der Waals surface area contributed by atoms with Gasteiger partial charge >= 0.3 is 0 Å². The maximum absolute atomic E-state index is 10.00. The number of nitrogens with zero attached hydrogens (tertiary/aromatic N) is 2. The number of benzene rings is 1. The third-order valence-corrected chi connectivity index (χ3v) is 1.38. The Bertz CT molecular complexity index is 326. The molecule has 0 radical (unpaired) electrons. The summed E-state index contributed by atoms with van der Waals surface area (Å²) < 4.78 is 0. The minimum Gasteiger partial charge on any atom is -0.276 e. The van der Waals surface area contributed by atoms with E-state index < -0.39 is 5.09 Å². The first kappa shape index (κ1) is 9.11. The fourth-order valence-electron chi connectivity index (χ4n) is 0.873. The molecule has 0 spiro atoms. The summed E-state index contributed by atoms with van der Waals surface area (Å²) in [6.07, 6.45) is 0. The molecule has 68 valence electrons. The summed E-state index contributed by atoms with van der Waals surface area (Å²) in [5.74, 6) is 0.0482. The molecule has 0 saturated carbocycles. The Labute approximate surface area is 73.2 Å². The van der Waals surface area contributed by atoms with Crippen LogP contribution in [-0.2, 0) is 6.54 Å². The van der Waals surface area contributed by atoms with E-state index in [4.69, 9.17) is 0 Å². The Morgan fingerprint density at radius 1 is 1.46 bits per heavy atom. The van der Waals surface area contributed by atoms with E-state index in [1.54, 1.807) is 18.2 Å². The highest BCUT2D eigenvalue weighted by atomic mass is 17.0. The van der Waals surface area contributed by atoms with Crippen LogP contribution >= 0.6 is 0 Å². The minimum absolute atomic E-state index is 0.0482. The van der Waals surface area contributed by atoms with Crippen LogP contribution < -0.4 is 4.84 Å². The van der Waals surface area contributed by atoms with Gasteiger partial charge < -0.3 is 0 Å². The van der Waals surface area contributed by atoms with Gasteiger partial charge in [0.05, 0.1) is 0 Å². The van der Waals surface area contributed by atoms with Crippen molar-refractivity contribution in [1.29, 1.82) is 0 Å². The Morgan fingerprint density at radius 2 is 2.15 bits per heavy atom. The van der Waals surface area contributed by atoms with Gasteiger partial charge in [-0.25, -0.2) is 0 Å². The standard InChI is InChI=1S/C7H6N2O4/c10-8-5-6-3-1-2-4-7(6)13-9(11)12/h1-4H,5H2. The van der Waals surface area contributed by atoms with Crippen molar-refractivity contribution in [3.8, 4) is 5.75 Å². The van der Waals surface area contributed by atoms with Crippen molar-refractivity contribution in [3.63, 3.8) is 0 Å². The Balaban J connectivity index is 2.90. The molecular weight excluding hydrogens is 176 g/mol. The van der Waals surface area contributed by atoms with Crippen molar-refractivity contribution in [1.82, 2.24) is 0 Å². The first-order valence-corrected chi connectivity index (χ1v) is 3.43. The van der Waals surface area contributed by atoms with E-state index in [-0.39, 0.29) is 12.3 Å². The molecule has 0 N–H and O–H groups in total. The van der Waals surface area contributed by atoms with Crippen LogP contribution in [0.15, 0.2) is 29.4 Å². The number of hydrogen-bond acceptors (Lipinski definition) is 5. The molecule has 13 heavy (non-hydrogen) atoms. The molecule has 0 fully saturated rings. The second-order valence-corrected chi connectivity index (χ2v) is 2.21. The lowest BCUT2D eigenvalue weighted by molar-refractivity contribution is -0.711. The van der Waals surface area contributed by atoms with Crippen molar-refractivity contribution in [2.75, 3.05) is 0 Å². The average molecular weight is 182 g/mol. The number of para-hydroxylation sites is 1. The van der Waals surface area contributed by atoms with E-state index >= 15 is 0 Å². The maximum atomic E-state index is 10.00. The summed E-state index contributed by atoms with van der Waals surface area (Å²) in [5, 5.41) is 11.7. The summed E-state index contributed by atoms with van der Waals surface area (Å²) in [6, 6.07) is 6.17. The average Bonchev–Trinajstić information content (AvgIpc) is 2.08. The fourth-order valence-corrected chi connectivity index (χ4v) is 0.873. The van der Waals surface area contributed by atoms with Crippen molar-refractivity contribution in [2.45, 2.75) is 6.54 Å². The first-order chi connectivity index (χ1) is 6.24. The molecule has 0 unspecified atom stereocenters. The number of rotatable bonds is 4. The smallest absolute Gasteiger partial charge is 0.276 e. The molecule has 0 heterocycles. The van der Waals surface area contributed by atoms with E-state index in [2.05, 4.69) is 10.0 Å². The molecule has 1 aromatic rings. The second kappa shape index (κ2) is 4.15. The van der Waals surface area contributed by atoms with Crippen LogP contribution in [0.1, 0.15) is 5.56 Å². The Kier molecular flexibility index (Phi) is 2.91. The van der Waals surface area contributed by atoms with E-state index in [0.717, 1.165) is 0 Å². The van der Waals surface area contributed by atoms with Gasteiger partial charge in [-0.3, -0.25) is 4.84 Å². The molecular formula is C7H6N2O4. The summed E-state index contributed by atoms with van der Waals surface area (Å²) in [7, 11) is 0. The third kappa shape index (κ3) is 2.51. The molecule has 0 aliphatic carbocycles. The zero-order chi connectivity index (χ0) is 9.68. The van der Waals surface area contributed by atoms with E-state index in [0.29, 0.717) is 5.56 Å². The third-order valence-electron chi connectivity index (χ3n) is 1.38. The molecule has 6 heteroatoms. The quantitative estimate of drug-likeness (QED) is 0.401. The number of hydrogen-bond donors (Lipinski definition) is 0. The predicted octanol–water partition coefficient (Wildman–Crippen LogP) is 1.52. The topological polar surface area (TPSA) is 81.8 Å². The molecule has 0 aliphatic rings. The van der Waals surface area contributed by atoms with E-state index in [1.807, 2.05) is 0 Å². The summed E-state index contributed by atoms with van der Waals surface area (Å²) in [6.45, 7) is -0.135. The zero-order valence-corrected chi connectivity index (χ0v) is 6.54. The van der Waals surface area contributed by atoms with Gasteiger partial charge in [-0.1, -0.05) is 23.4 Å². The monoisotopic (exact) mass is 182 g/mol. The largest absolute Gasteiger partial charge is 0.299 e. The summed E-state index contributed by atoms with van der Waals surface area (Å²) in [5.41, 5.74) is 0.397. The highest BCUT2D eigenvalue weighted by molar-refractivity contribution is 5.32. The lowest BCUT2D eigenvalue weighted by Gasteiger charge is -2.02.